The normalized spacial score (nSPS) is 16.9. The molecule has 0 unspecified atom stereocenters. The van der Waals surface area contributed by atoms with Crippen LogP contribution in [0.2, 0.25) is 0 Å². The maximum absolute atomic E-state index is 14.3. The molecule has 4 heterocycles. The van der Waals surface area contributed by atoms with E-state index in [9.17, 15) is 18.0 Å². The topological polar surface area (TPSA) is 127 Å². The number of nitrogens with zero attached hydrogens (tertiary/aromatic N) is 5. The van der Waals surface area contributed by atoms with Gasteiger partial charge in [-0.15, -0.1) is 0 Å². The van der Waals surface area contributed by atoms with Gasteiger partial charge in [0.1, 0.15) is 5.75 Å². The standard InChI is InChI=1S/C34H36N6O5S/c1-45-26-9-11-27-24(19-26)18-25(33(42)38-14-16-39(17-15-38)34-35-12-5-13-36-34)21-40-29-20-23(32(41)37-46(43)44)8-10-28(29)30(31(27)40)22-6-3-2-4-7-22/h5,8-13,18-20,22,46H,2-4,6-7,14-17,21H2,1H3,(H,37,41,43,44). The largest absolute Gasteiger partial charge is 0.497 e. The number of nitrogens with one attached hydrogen (secondary N) is 1. The Morgan fingerprint density at radius 2 is 1.72 bits per heavy atom. The third kappa shape index (κ3) is 5.61. The number of methoxy groups -OCH3 is 1. The molecule has 2 aromatic heterocycles. The highest BCUT2D eigenvalue weighted by atomic mass is 32.2. The van der Waals surface area contributed by atoms with E-state index in [0.717, 1.165) is 53.4 Å². The molecule has 2 aliphatic heterocycles. The summed E-state index contributed by atoms with van der Waals surface area (Å²) in [5.74, 6) is 0.952. The van der Waals surface area contributed by atoms with Crippen molar-refractivity contribution in [3.05, 3.63) is 77.1 Å². The summed E-state index contributed by atoms with van der Waals surface area (Å²) in [6, 6.07) is 13.2. The highest BCUT2D eigenvalue weighted by molar-refractivity contribution is 7.71. The van der Waals surface area contributed by atoms with Crippen LogP contribution in [-0.2, 0) is 22.2 Å². The van der Waals surface area contributed by atoms with Crippen LogP contribution >= 0.6 is 0 Å². The third-order valence-electron chi connectivity index (χ3n) is 9.42. The second kappa shape index (κ2) is 12.6. The van der Waals surface area contributed by atoms with Crippen molar-refractivity contribution in [2.75, 3.05) is 38.2 Å². The lowest BCUT2D eigenvalue weighted by Gasteiger charge is -2.35. The molecule has 3 aliphatic rings. The number of ether oxygens (including phenoxy) is 1. The molecular weight excluding hydrogens is 604 g/mol. The number of carbonyl (C=O) groups excluding carboxylic acids is 2. The van der Waals surface area contributed by atoms with Crippen LogP contribution in [0.1, 0.15) is 59.5 Å². The lowest BCUT2D eigenvalue weighted by molar-refractivity contribution is -0.127. The monoisotopic (exact) mass is 640 g/mol. The molecule has 238 valence electrons. The van der Waals surface area contributed by atoms with Gasteiger partial charge in [-0.2, -0.15) is 0 Å². The molecule has 0 atom stereocenters. The molecule has 2 fully saturated rings. The van der Waals surface area contributed by atoms with E-state index in [1.165, 1.54) is 12.0 Å². The van der Waals surface area contributed by atoms with Crippen LogP contribution in [0.4, 0.5) is 5.95 Å². The minimum absolute atomic E-state index is 0.0476. The molecule has 1 saturated carbocycles. The molecule has 0 spiro atoms. The predicted molar refractivity (Wildman–Crippen MR) is 176 cm³/mol. The van der Waals surface area contributed by atoms with Crippen molar-refractivity contribution in [2.24, 2.45) is 0 Å². The second-order valence-electron chi connectivity index (χ2n) is 12.1. The Hall–Kier alpha value is -4.71. The Kier molecular flexibility index (Phi) is 8.20. The van der Waals surface area contributed by atoms with Gasteiger partial charge < -0.3 is 19.1 Å². The lowest BCUT2D eigenvalue weighted by Crippen LogP contribution is -2.49. The van der Waals surface area contributed by atoms with Crippen molar-refractivity contribution in [2.45, 2.75) is 44.6 Å². The van der Waals surface area contributed by atoms with Gasteiger partial charge in [-0.1, -0.05) is 25.3 Å². The minimum atomic E-state index is -3.10. The Morgan fingerprint density at radius 3 is 2.43 bits per heavy atom. The first-order chi connectivity index (χ1) is 22.4. The first kappa shape index (κ1) is 30.0. The van der Waals surface area contributed by atoms with Gasteiger partial charge in [0.15, 0.2) is 0 Å². The number of benzene rings is 2. The number of carbonyl (C=O) groups is 2. The SMILES string of the molecule is COc1ccc2c(c1)C=C(C(=O)N1CCN(c3ncccn3)CC1)Cn1c-2c(C2CCCCC2)c2ccc(C(=O)N[SH](=O)=O)cc21. The van der Waals surface area contributed by atoms with E-state index in [0.29, 0.717) is 55.9 Å². The molecule has 4 aromatic rings. The summed E-state index contributed by atoms with van der Waals surface area (Å²) in [7, 11) is -1.46. The first-order valence-corrected chi connectivity index (χ1v) is 16.9. The van der Waals surface area contributed by atoms with Gasteiger partial charge in [-0.25, -0.2) is 18.4 Å². The summed E-state index contributed by atoms with van der Waals surface area (Å²) in [6.45, 7) is 2.61. The maximum Gasteiger partial charge on any atom is 0.264 e. The average molecular weight is 641 g/mol. The van der Waals surface area contributed by atoms with Crippen LogP contribution in [0.15, 0.2) is 60.4 Å². The Morgan fingerprint density at radius 1 is 0.957 bits per heavy atom. The van der Waals surface area contributed by atoms with E-state index in [-0.39, 0.29) is 11.5 Å². The zero-order valence-corrected chi connectivity index (χ0v) is 26.5. The number of hydrogen-bond acceptors (Lipinski definition) is 8. The summed E-state index contributed by atoms with van der Waals surface area (Å²) in [4.78, 5) is 39.8. The molecule has 0 bridgehead atoms. The van der Waals surface area contributed by atoms with E-state index in [4.69, 9.17) is 4.74 Å². The fourth-order valence-corrected chi connectivity index (χ4v) is 7.52. The van der Waals surface area contributed by atoms with Gasteiger partial charge in [0, 0.05) is 66.2 Å². The van der Waals surface area contributed by atoms with Crippen molar-refractivity contribution in [3.63, 3.8) is 0 Å². The molecule has 2 amide bonds. The van der Waals surface area contributed by atoms with Gasteiger partial charge in [0.2, 0.25) is 16.8 Å². The molecule has 7 rings (SSSR count). The molecule has 2 aromatic carbocycles. The van der Waals surface area contributed by atoms with Crippen molar-refractivity contribution in [1.82, 2.24) is 24.2 Å². The number of anilines is 1. The van der Waals surface area contributed by atoms with Crippen LogP contribution < -0.4 is 14.4 Å². The van der Waals surface area contributed by atoms with E-state index >= 15 is 0 Å². The Balaban J connectivity index is 1.34. The van der Waals surface area contributed by atoms with Crippen molar-refractivity contribution in [3.8, 4) is 17.0 Å². The number of amides is 2. The number of aromatic nitrogens is 3. The quantitative estimate of drug-likeness (QED) is 0.301. The number of rotatable bonds is 6. The van der Waals surface area contributed by atoms with Crippen LogP contribution in [0.25, 0.3) is 28.2 Å². The van der Waals surface area contributed by atoms with Gasteiger partial charge in [0.25, 0.3) is 11.8 Å². The number of hydrogen-bond donors (Lipinski definition) is 2. The number of piperazine rings is 1. The van der Waals surface area contributed by atoms with Gasteiger partial charge in [-0.05, 0) is 72.4 Å². The fraction of sp³-hybridized carbons (Fsp3) is 0.353. The summed E-state index contributed by atoms with van der Waals surface area (Å²) in [5.41, 5.74) is 5.84. The van der Waals surface area contributed by atoms with E-state index in [1.807, 2.05) is 33.9 Å². The summed E-state index contributed by atoms with van der Waals surface area (Å²) >= 11 is 0. The number of fused-ring (bicyclic) bond motifs is 5. The zero-order chi connectivity index (χ0) is 31.8. The molecule has 11 nitrogen and oxygen atoms in total. The summed E-state index contributed by atoms with van der Waals surface area (Å²) in [5, 5.41) is 1.02. The van der Waals surface area contributed by atoms with Crippen molar-refractivity contribution in [1.29, 1.82) is 0 Å². The highest BCUT2D eigenvalue weighted by Gasteiger charge is 2.32. The van der Waals surface area contributed by atoms with E-state index in [1.54, 1.807) is 37.7 Å². The van der Waals surface area contributed by atoms with Gasteiger partial charge in [-0.3, -0.25) is 14.3 Å². The summed E-state index contributed by atoms with van der Waals surface area (Å²) < 4.78 is 32.4. The van der Waals surface area contributed by atoms with Crippen LogP contribution in [0.3, 0.4) is 0 Å². The predicted octanol–water partition coefficient (Wildman–Crippen LogP) is 4.16. The second-order valence-corrected chi connectivity index (χ2v) is 12.8. The first-order valence-electron chi connectivity index (χ1n) is 15.7. The van der Waals surface area contributed by atoms with Crippen LogP contribution in [0.5, 0.6) is 5.75 Å². The third-order valence-corrected chi connectivity index (χ3v) is 9.81. The van der Waals surface area contributed by atoms with Gasteiger partial charge in [0.05, 0.1) is 19.3 Å². The molecule has 1 aliphatic carbocycles. The molecule has 46 heavy (non-hydrogen) atoms. The Bertz CT molecular complexity index is 1910. The lowest BCUT2D eigenvalue weighted by atomic mass is 9.81. The molecular formula is C34H36N6O5S. The molecule has 0 radical (unpaired) electrons. The number of thiol groups is 1. The van der Waals surface area contributed by atoms with Crippen LogP contribution in [-0.4, -0.2) is 73.0 Å². The highest BCUT2D eigenvalue weighted by Crippen LogP contribution is 2.47. The molecule has 12 heteroatoms. The maximum atomic E-state index is 14.3. The van der Waals surface area contributed by atoms with Crippen LogP contribution in [0, 0.1) is 0 Å². The Labute approximate surface area is 269 Å². The minimum Gasteiger partial charge on any atom is -0.497 e. The molecule has 1 saturated heterocycles. The fourth-order valence-electron chi connectivity index (χ4n) is 7.23. The average Bonchev–Trinajstić information content (AvgIpc) is 3.30. The summed E-state index contributed by atoms with van der Waals surface area (Å²) in [6.07, 6.45) is 11.0. The van der Waals surface area contributed by atoms with Crippen molar-refractivity contribution >= 4 is 45.6 Å². The van der Waals surface area contributed by atoms with E-state index < -0.39 is 16.8 Å². The smallest absolute Gasteiger partial charge is 0.264 e. The molecule has 1 N–H and O–H groups in total. The van der Waals surface area contributed by atoms with E-state index in [2.05, 4.69) is 25.5 Å². The van der Waals surface area contributed by atoms with Gasteiger partial charge >= 0.3 is 0 Å². The zero-order valence-electron chi connectivity index (χ0n) is 25.6. The van der Waals surface area contributed by atoms with Crippen molar-refractivity contribution < 1.29 is 22.7 Å².